The molecule has 0 unspecified atom stereocenters. The first-order valence-electron chi connectivity index (χ1n) is 11.1. The summed E-state index contributed by atoms with van der Waals surface area (Å²) >= 11 is 6.15. The second kappa shape index (κ2) is 8.47. The number of fused-ring (bicyclic) bond motifs is 1. The number of halogens is 5. The standard InChI is InChI=1S/C23H20ClF4N5O2/c24-16-11-13(25)1-2-17(16)32-10-8-22(21(32)35)6-3-14(4-7-22)31-20(34)15-12-30-33-18(23(26,27)28)5-9-29-19(15)33/h1-2,5,9,11-12,14H,3-4,6-8,10H2,(H,31,34)/t14-,22-. The first-order valence-corrected chi connectivity index (χ1v) is 11.4. The van der Waals surface area contributed by atoms with Crippen molar-refractivity contribution in [3.05, 3.63) is 58.8 Å². The van der Waals surface area contributed by atoms with Crippen LogP contribution in [0.5, 0.6) is 0 Å². The molecule has 1 aliphatic heterocycles. The summed E-state index contributed by atoms with van der Waals surface area (Å²) in [7, 11) is 0. The summed E-state index contributed by atoms with van der Waals surface area (Å²) in [6, 6.07) is 4.48. The molecule has 3 heterocycles. The lowest BCUT2D eigenvalue weighted by atomic mass is 9.71. The van der Waals surface area contributed by atoms with Crippen LogP contribution in [0.4, 0.5) is 23.2 Å². The van der Waals surface area contributed by atoms with Crippen molar-refractivity contribution in [3.8, 4) is 0 Å². The maximum Gasteiger partial charge on any atom is 0.433 e. The van der Waals surface area contributed by atoms with Crippen molar-refractivity contribution in [2.45, 2.75) is 44.3 Å². The van der Waals surface area contributed by atoms with Gasteiger partial charge in [0.05, 0.1) is 22.3 Å². The molecule has 0 bridgehead atoms. The van der Waals surface area contributed by atoms with Crippen LogP contribution in [0, 0.1) is 11.2 Å². The van der Waals surface area contributed by atoms with Gasteiger partial charge in [-0.3, -0.25) is 9.59 Å². The Morgan fingerprint density at radius 2 is 1.91 bits per heavy atom. The van der Waals surface area contributed by atoms with E-state index in [2.05, 4.69) is 15.4 Å². The van der Waals surface area contributed by atoms with E-state index < -0.39 is 29.0 Å². The molecule has 1 N–H and O–H groups in total. The van der Waals surface area contributed by atoms with Crippen LogP contribution in [0.3, 0.4) is 0 Å². The summed E-state index contributed by atoms with van der Waals surface area (Å²) in [6.07, 6.45) is 0.186. The van der Waals surface area contributed by atoms with Crippen LogP contribution in [-0.4, -0.2) is 39.0 Å². The van der Waals surface area contributed by atoms with Gasteiger partial charge in [0.15, 0.2) is 5.65 Å². The predicted octanol–water partition coefficient (Wildman–Crippen LogP) is 4.64. The highest BCUT2D eigenvalue weighted by atomic mass is 35.5. The number of hydrogen-bond donors (Lipinski definition) is 1. The summed E-state index contributed by atoms with van der Waals surface area (Å²) in [5.74, 6) is -1.11. The fourth-order valence-corrected chi connectivity index (χ4v) is 5.33. The fraction of sp³-hybridized carbons (Fsp3) is 0.391. The summed E-state index contributed by atoms with van der Waals surface area (Å²) in [4.78, 5) is 31.6. The second-order valence-electron chi connectivity index (χ2n) is 8.95. The smallest absolute Gasteiger partial charge is 0.349 e. The molecule has 35 heavy (non-hydrogen) atoms. The molecule has 2 amide bonds. The van der Waals surface area contributed by atoms with Gasteiger partial charge in [-0.2, -0.15) is 18.3 Å². The topological polar surface area (TPSA) is 79.6 Å². The van der Waals surface area contributed by atoms with Crippen LogP contribution in [0.2, 0.25) is 5.02 Å². The average Bonchev–Trinajstić information content (AvgIpc) is 3.37. The number of nitrogens with one attached hydrogen (secondary N) is 1. The molecule has 5 rings (SSSR count). The first kappa shape index (κ1) is 23.5. The lowest BCUT2D eigenvalue weighted by molar-refractivity contribution is -0.142. The zero-order chi connectivity index (χ0) is 25.0. The zero-order valence-corrected chi connectivity index (χ0v) is 19.0. The number of alkyl halides is 3. The molecule has 2 fully saturated rings. The van der Waals surface area contributed by atoms with Gasteiger partial charge < -0.3 is 10.2 Å². The van der Waals surface area contributed by atoms with E-state index in [1.165, 1.54) is 18.2 Å². The summed E-state index contributed by atoms with van der Waals surface area (Å²) in [6.45, 7) is 0.469. The Morgan fingerprint density at radius 1 is 1.17 bits per heavy atom. The number of hydrogen-bond acceptors (Lipinski definition) is 4. The van der Waals surface area contributed by atoms with E-state index in [0.717, 1.165) is 18.5 Å². The summed E-state index contributed by atoms with van der Waals surface area (Å²) in [5, 5.41) is 6.73. The molecule has 12 heteroatoms. The number of benzene rings is 1. The molecule has 0 radical (unpaired) electrons. The lowest BCUT2D eigenvalue weighted by Gasteiger charge is -2.36. The number of nitrogens with zero attached hydrogens (tertiary/aromatic N) is 4. The fourth-order valence-electron chi connectivity index (χ4n) is 5.06. The van der Waals surface area contributed by atoms with E-state index >= 15 is 0 Å². The second-order valence-corrected chi connectivity index (χ2v) is 9.36. The van der Waals surface area contributed by atoms with Crippen molar-refractivity contribution in [2.75, 3.05) is 11.4 Å². The summed E-state index contributed by atoms with van der Waals surface area (Å²) in [5.41, 5.74) is -1.35. The lowest BCUT2D eigenvalue weighted by Crippen LogP contribution is -2.44. The zero-order valence-electron chi connectivity index (χ0n) is 18.3. The Bertz CT molecular complexity index is 1320. The van der Waals surface area contributed by atoms with E-state index in [1.54, 1.807) is 4.90 Å². The van der Waals surface area contributed by atoms with Crippen molar-refractivity contribution >= 4 is 34.7 Å². The quantitative estimate of drug-likeness (QED) is 0.522. The van der Waals surface area contributed by atoms with E-state index in [9.17, 15) is 27.2 Å². The molecule has 7 nitrogen and oxygen atoms in total. The van der Waals surface area contributed by atoms with Crippen LogP contribution >= 0.6 is 11.6 Å². The van der Waals surface area contributed by atoms with E-state index in [-0.39, 0.29) is 28.2 Å². The third-order valence-corrected chi connectivity index (χ3v) is 7.23. The number of carbonyl (C=O) groups excluding carboxylic acids is 2. The summed E-state index contributed by atoms with van der Waals surface area (Å²) < 4.78 is 53.6. The van der Waals surface area contributed by atoms with E-state index in [0.29, 0.717) is 48.9 Å². The van der Waals surface area contributed by atoms with Crippen molar-refractivity contribution in [1.82, 2.24) is 19.9 Å². The van der Waals surface area contributed by atoms with Gasteiger partial charge in [0.1, 0.15) is 17.1 Å². The Hall–Kier alpha value is -3.21. The Morgan fingerprint density at radius 3 is 2.60 bits per heavy atom. The van der Waals surface area contributed by atoms with Gasteiger partial charge >= 0.3 is 6.18 Å². The Kier molecular flexibility index (Phi) is 5.70. The minimum Gasteiger partial charge on any atom is -0.349 e. The first-order chi connectivity index (χ1) is 16.6. The maximum absolute atomic E-state index is 13.4. The molecule has 2 aromatic heterocycles. The molecule has 1 saturated heterocycles. The molecule has 1 spiro atoms. The van der Waals surface area contributed by atoms with Crippen LogP contribution < -0.4 is 10.2 Å². The molecule has 0 atom stereocenters. The highest BCUT2D eigenvalue weighted by Gasteiger charge is 2.49. The Labute approximate surface area is 202 Å². The average molecular weight is 510 g/mol. The molecule has 1 aromatic carbocycles. The van der Waals surface area contributed by atoms with Gasteiger partial charge in [-0.25, -0.2) is 13.9 Å². The van der Waals surface area contributed by atoms with Crippen molar-refractivity contribution in [3.63, 3.8) is 0 Å². The third-order valence-electron chi connectivity index (χ3n) is 6.93. The van der Waals surface area contributed by atoms with Crippen molar-refractivity contribution in [1.29, 1.82) is 0 Å². The van der Waals surface area contributed by atoms with Gasteiger partial charge in [-0.1, -0.05) is 11.6 Å². The van der Waals surface area contributed by atoms with Gasteiger partial charge in [0, 0.05) is 18.8 Å². The van der Waals surface area contributed by atoms with Crippen molar-refractivity contribution < 1.29 is 27.2 Å². The highest BCUT2D eigenvalue weighted by Crippen LogP contribution is 2.47. The minimum absolute atomic E-state index is 0.0505. The van der Waals surface area contributed by atoms with Crippen LogP contribution in [0.1, 0.15) is 48.2 Å². The SMILES string of the molecule is O=C(N[C@H]1CC[C@@]2(CCN(c3ccc(F)cc3Cl)C2=O)CC1)c1cnn2c(C(F)(F)F)ccnc12. The molecular formula is C23H20ClF4N5O2. The minimum atomic E-state index is -4.64. The van der Waals surface area contributed by atoms with Crippen LogP contribution in [0.25, 0.3) is 5.65 Å². The number of amides is 2. The molecule has 1 aliphatic carbocycles. The van der Waals surface area contributed by atoms with E-state index in [1.807, 2.05) is 0 Å². The van der Waals surface area contributed by atoms with Crippen molar-refractivity contribution in [2.24, 2.45) is 5.41 Å². The van der Waals surface area contributed by atoms with Gasteiger partial charge in [0.2, 0.25) is 5.91 Å². The van der Waals surface area contributed by atoms with Gasteiger partial charge in [-0.15, -0.1) is 0 Å². The Balaban J connectivity index is 1.26. The largest absolute Gasteiger partial charge is 0.433 e. The molecule has 3 aromatic rings. The number of aromatic nitrogens is 3. The normalized spacial score (nSPS) is 22.8. The van der Waals surface area contributed by atoms with Crippen LogP contribution in [-0.2, 0) is 11.0 Å². The molecule has 184 valence electrons. The predicted molar refractivity (Wildman–Crippen MR) is 119 cm³/mol. The molecule has 2 aliphatic rings. The monoisotopic (exact) mass is 509 g/mol. The molecular weight excluding hydrogens is 490 g/mol. The maximum atomic E-state index is 13.4. The van der Waals surface area contributed by atoms with E-state index in [4.69, 9.17) is 11.6 Å². The van der Waals surface area contributed by atoms with Crippen LogP contribution in [0.15, 0.2) is 36.7 Å². The number of anilines is 1. The number of rotatable bonds is 3. The van der Waals surface area contributed by atoms with Gasteiger partial charge in [0.25, 0.3) is 5.91 Å². The molecule has 1 saturated carbocycles. The van der Waals surface area contributed by atoms with Gasteiger partial charge in [-0.05, 0) is 56.4 Å². The highest BCUT2D eigenvalue weighted by molar-refractivity contribution is 6.34. The number of carbonyl (C=O) groups is 2. The third kappa shape index (κ3) is 4.11.